The number of hydrogen-bond acceptors (Lipinski definition) is 4. The summed E-state index contributed by atoms with van der Waals surface area (Å²) in [5.74, 6) is -0.0102. The number of hydrogen-bond donors (Lipinski definition) is 2. The van der Waals surface area contributed by atoms with Gasteiger partial charge in [-0.05, 0) is 19.4 Å². The highest BCUT2D eigenvalue weighted by Gasteiger charge is 2.00. The van der Waals surface area contributed by atoms with Gasteiger partial charge in [0, 0.05) is 19.8 Å². The molecule has 0 unspecified atom stereocenters. The number of unbranched alkanes of at least 4 members (excludes halogenated alkanes) is 1. The molecule has 0 aromatic carbocycles. The van der Waals surface area contributed by atoms with Gasteiger partial charge in [0.05, 0.1) is 5.75 Å². The number of rotatable bonds is 10. The van der Waals surface area contributed by atoms with Crippen LogP contribution in [-0.4, -0.2) is 40.5 Å². The van der Waals surface area contributed by atoms with Crippen molar-refractivity contribution in [2.45, 2.75) is 26.2 Å². The lowest BCUT2D eigenvalue weighted by atomic mass is 10.4. The van der Waals surface area contributed by atoms with E-state index in [1.54, 1.807) is 0 Å². The molecule has 0 fully saturated rings. The summed E-state index contributed by atoms with van der Waals surface area (Å²) >= 11 is 0. The first-order chi connectivity index (χ1) is 7.06. The fraction of sp³-hybridized carbons (Fsp3) is 1.00. The van der Waals surface area contributed by atoms with E-state index in [9.17, 15) is 8.42 Å². The van der Waals surface area contributed by atoms with Gasteiger partial charge in [-0.2, -0.15) is 0 Å². The van der Waals surface area contributed by atoms with Gasteiger partial charge in [0.25, 0.3) is 0 Å². The molecule has 0 bridgehead atoms. The Hall–Kier alpha value is -0.170. The van der Waals surface area contributed by atoms with Crippen LogP contribution in [0.2, 0.25) is 0 Å². The number of nitrogens with two attached hydrogens (primary N) is 1. The largest absolute Gasteiger partial charge is 0.381 e. The quantitative estimate of drug-likeness (QED) is 0.528. The van der Waals surface area contributed by atoms with Crippen molar-refractivity contribution in [1.29, 1.82) is 0 Å². The van der Waals surface area contributed by atoms with Crippen LogP contribution in [0.1, 0.15) is 26.2 Å². The molecule has 0 saturated heterocycles. The molecule has 3 N–H and O–H groups in total. The first-order valence-corrected chi connectivity index (χ1v) is 7.06. The van der Waals surface area contributed by atoms with Gasteiger partial charge in [0.2, 0.25) is 10.0 Å². The minimum absolute atomic E-state index is 0.0102. The zero-order valence-electron chi connectivity index (χ0n) is 9.37. The van der Waals surface area contributed by atoms with E-state index >= 15 is 0 Å². The molecule has 15 heavy (non-hydrogen) atoms. The molecule has 0 rings (SSSR count). The molecule has 0 atom stereocenters. The minimum atomic E-state index is -3.32. The molecule has 0 saturated carbocycles. The molecule has 0 aromatic rings. The van der Waals surface area contributed by atoms with E-state index in [-0.39, 0.29) is 5.75 Å². The molecule has 0 heterocycles. The van der Waals surface area contributed by atoms with Crippen LogP contribution in [0.3, 0.4) is 0 Å². The predicted molar refractivity (Wildman–Crippen MR) is 61.2 cm³/mol. The van der Waals surface area contributed by atoms with Crippen molar-refractivity contribution in [3.63, 3.8) is 0 Å². The predicted octanol–water partition coefficient (Wildman–Crippen LogP) is 0.0713. The van der Waals surface area contributed by atoms with Crippen LogP contribution in [0, 0.1) is 0 Å². The smallest absolute Gasteiger partial charge is 0.210 e. The van der Waals surface area contributed by atoms with Gasteiger partial charge >= 0.3 is 0 Å². The topological polar surface area (TPSA) is 81.4 Å². The van der Waals surface area contributed by atoms with Gasteiger partial charge in [-0.15, -0.1) is 0 Å². The van der Waals surface area contributed by atoms with Crippen LogP contribution in [0.5, 0.6) is 0 Å². The molecule has 92 valence electrons. The van der Waals surface area contributed by atoms with Gasteiger partial charge in [0.15, 0.2) is 0 Å². The van der Waals surface area contributed by atoms with E-state index in [2.05, 4.69) is 12.2 Å². The summed E-state index contributed by atoms with van der Waals surface area (Å²) in [4.78, 5) is 0. The molecule has 0 spiro atoms. The average Bonchev–Trinajstić information content (AvgIpc) is 2.14. The Balaban J connectivity index is 3.06. The zero-order chi connectivity index (χ0) is 11.6. The summed E-state index contributed by atoms with van der Waals surface area (Å²) in [6.45, 7) is 4.84. The fourth-order valence-electron chi connectivity index (χ4n) is 0.987. The maximum Gasteiger partial charge on any atom is 0.210 e. The van der Waals surface area contributed by atoms with Gasteiger partial charge in [-0.3, -0.25) is 0 Å². The van der Waals surface area contributed by atoms with E-state index in [1.807, 2.05) is 0 Å². The molecule has 5 nitrogen and oxygen atoms in total. The SMILES string of the molecule is CCCCOCCCNCCS(N)(=O)=O. The third kappa shape index (κ3) is 13.8. The monoisotopic (exact) mass is 238 g/mol. The summed E-state index contributed by atoms with van der Waals surface area (Å²) in [5, 5.41) is 7.83. The Morgan fingerprint density at radius 3 is 2.47 bits per heavy atom. The highest BCUT2D eigenvalue weighted by Crippen LogP contribution is 1.88. The molecule has 0 radical (unpaired) electrons. The van der Waals surface area contributed by atoms with Crippen molar-refractivity contribution >= 4 is 10.0 Å². The number of nitrogens with one attached hydrogen (secondary N) is 1. The first-order valence-electron chi connectivity index (χ1n) is 5.35. The Morgan fingerprint density at radius 1 is 1.20 bits per heavy atom. The van der Waals surface area contributed by atoms with Crippen LogP contribution < -0.4 is 10.5 Å². The minimum Gasteiger partial charge on any atom is -0.381 e. The summed E-state index contributed by atoms with van der Waals surface area (Å²) in [5.41, 5.74) is 0. The second-order valence-electron chi connectivity index (χ2n) is 3.44. The van der Waals surface area contributed by atoms with Crippen molar-refractivity contribution in [1.82, 2.24) is 5.32 Å². The maximum absolute atomic E-state index is 10.6. The first kappa shape index (κ1) is 14.8. The third-order valence-corrected chi connectivity index (χ3v) is 2.62. The highest BCUT2D eigenvalue weighted by atomic mass is 32.2. The van der Waals surface area contributed by atoms with Crippen LogP contribution in [0.25, 0.3) is 0 Å². The Bertz CT molecular complexity index is 230. The van der Waals surface area contributed by atoms with E-state index in [0.717, 1.165) is 39.0 Å². The Kier molecular flexibility index (Phi) is 8.98. The van der Waals surface area contributed by atoms with Crippen molar-refractivity contribution in [2.24, 2.45) is 5.14 Å². The van der Waals surface area contributed by atoms with Gasteiger partial charge in [-0.25, -0.2) is 13.6 Å². The second-order valence-corrected chi connectivity index (χ2v) is 5.17. The molecule has 0 aliphatic heterocycles. The van der Waals surface area contributed by atoms with Crippen molar-refractivity contribution in [3.8, 4) is 0 Å². The summed E-state index contributed by atoms with van der Waals surface area (Å²) in [6, 6.07) is 0. The van der Waals surface area contributed by atoms with Gasteiger partial charge < -0.3 is 10.1 Å². The lowest BCUT2D eigenvalue weighted by molar-refractivity contribution is 0.129. The van der Waals surface area contributed by atoms with Crippen molar-refractivity contribution in [2.75, 3.05) is 32.1 Å². The van der Waals surface area contributed by atoms with Gasteiger partial charge in [-0.1, -0.05) is 13.3 Å². The van der Waals surface area contributed by atoms with Crippen LogP contribution in [0.15, 0.2) is 0 Å². The van der Waals surface area contributed by atoms with Gasteiger partial charge in [0.1, 0.15) is 0 Å². The summed E-state index contributed by atoms with van der Waals surface area (Å²) in [6.07, 6.45) is 3.14. The molecule has 6 heteroatoms. The standard InChI is InChI=1S/C9H22N2O3S/c1-2-3-7-14-8-4-5-11-6-9-15(10,12)13/h11H,2-9H2,1H3,(H2,10,12,13). The fourth-order valence-corrected chi connectivity index (χ4v) is 1.42. The third-order valence-electron chi connectivity index (χ3n) is 1.85. The number of ether oxygens (including phenoxy) is 1. The molecule has 0 amide bonds. The molecular weight excluding hydrogens is 216 g/mol. The molecular formula is C9H22N2O3S. The zero-order valence-corrected chi connectivity index (χ0v) is 10.2. The van der Waals surface area contributed by atoms with Crippen LogP contribution >= 0.6 is 0 Å². The summed E-state index contributed by atoms with van der Waals surface area (Å²) < 4.78 is 26.4. The number of sulfonamides is 1. The van der Waals surface area contributed by atoms with Crippen molar-refractivity contribution in [3.05, 3.63) is 0 Å². The highest BCUT2D eigenvalue weighted by molar-refractivity contribution is 7.89. The Labute approximate surface area is 92.4 Å². The maximum atomic E-state index is 10.6. The lowest BCUT2D eigenvalue weighted by Gasteiger charge is -2.04. The van der Waals surface area contributed by atoms with Crippen molar-refractivity contribution < 1.29 is 13.2 Å². The molecule has 0 aliphatic carbocycles. The van der Waals surface area contributed by atoms with Crippen LogP contribution in [-0.2, 0) is 14.8 Å². The van der Waals surface area contributed by atoms with E-state index in [4.69, 9.17) is 9.88 Å². The molecule has 0 aliphatic rings. The lowest BCUT2D eigenvalue weighted by Crippen LogP contribution is -2.28. The molecule has 0 aromatic heterocycles. The Morgan fingerprint density at radius 2 is 1.87 bits per heavy atom. The average molecular weight is 238 g/mol. The summed E-state index contributed by atoms with van der Waals surface area (Å²) in [7, 11) is -3.32. The van der Waals surface area contributed by atoms with Crippen LogP contribution in [0.4, 0.5) is 0 Å². The second kappa shape index (κ2) is 9.08. The van der Waals surface area contributed by atoms with E-state index in [0.29, 0.717) is 6.54 Å². The number of primary sulfonamides is 1. The van der Waals surface area contributed by atoms with E-state index in [1.165, 1.54) is 0 Å². The van der Waals surface area contributed by atoms with E-state index < -0.39 is 10.0 Å². The normalized spacial score (nSPS) is 11.9.